The van der Waals surface area contributed by atoms with Crippen molar-refractivity contribution in [3.8, 4) is 0 Å². The van der Waals surface area contributed by atoms with Crippen LogP contribution in [0.15, 0.2) is 24.3 Å². The second kappa shape index (κ2) is 7.14. The van der Waals surface area contributed by atoms with Gasteiger partial charge in [0.05, 0.1) is 5.56 Å². The Balaban J connectivity index is 2.28. The summed E-state index contributed by atoms with van der Waals surface area (Å²) in [5, 5.41) is 5.71. The van der Waals surface area contributed by atoms with Crippen LogP contribution in [0.1, 0.15) is 11.1 Å². The quantitative estimate of drug-likeness (QED) is 0.815. The van der Waals surface area contributed by atoms with Crippen molar-refractivity contribution in [2.24, 2.45) is 0 Å². The molecule has 0 heterocycles. The van der Waals surface area contributed by atoms with Crippen molar-refractivity contribution in [3.05, 3.63) is 35.4 Å². The van der Waals surface area contributed by atoms with Crippen LogP contribution in [-0.4, -0.2) is 38.1 Å². The molecule has 2 amide bonds. The van der Waals surface area contributed by atoms with Crippen molar-refractivity contribution in [2.75, 3.05) is 27.2 Å². The molecule has 20 heavy (non-hydrogen) atoms. The molecule has 4 nitrogen and oxygen atoms in total. The molecule has 112 valence electrons. The SMILES string of the molecule is CN(C)C(=O)NCCNCc1ccc(C(F)(F)F)cc1. The van der Waals surface area contributed by atoms with Crippen LogP contribution in [0.3, 0.4) is 0 Å². The van der Waals surface area contributed by atoms with E-state index >= 15 is 0 Å². The fraction of sp³-hybridized carbons (Fsp3) is 0.462. The summed E-state index contributed by atoms with van der Waals surface area (Å²) in [4.78, 5) is 12.6. The first-order valence-corrected chi connectivity index (χ1v) is 6.12. The van der Waals surface area contributed by atoms with Crippen molar-refractivity contribution >= 4 is 6.03 Å². The maximum atomic E-state index is 12.4. The van der Waals surface area contributed by atoms with E-state index in [-0.39, 0.29) is 6.03 Å². The maximum absolute atomic E-state index is 12.4. The summed E-state index contributed by atoms with van der Waals surface area (Å²) >= 11 is 0. The van der Waals surface area contributed by atoms with Gasteiger partial charge in [-0.1, -0.05) is 12.1 Å². The van der Waals surface area contributed by atoms with Gasteiger partial charge in [0.1, 0.15) is 0 Å². The molecule has 0 fully saturated rings. The highest BCUT2D eigenvalue weighted by atomic mass is 19.4. The van der Waals surface area contributed by atoms with Crippen LogP contribution < -0.4 is 10.6 Å². The third-order valence-corrected chi connectivity index (χ3v) is 2.59. The van der Waals surface area contributed by atoms with Gasteiger partial charge in [-0.2, -0.15) is 13.2 Å². The molecule has 0 atom stereocenters. The number of nitrogens with one attached hydrogen (secondary N) is 2. The molecule has 0 spiro atoms. The fourth-order valence-electron chi connectivity index (χ4n) is 1.46. The monoisotopic (exact) mass is 289 g/mol. The molecule has 0 aromatic heterocycles. The molecule has 7 heteroatoms. The molecule has 0 saturated heterocycles. The Morgan fingerprint density at radius 2 is 1.75 bits per heavy atom. The lowest BCUT2D eigenvalue weighted by Gasteiger charge is -2.12. The lowest BCUT2D eigenvalue weighted by atomic mass is 10.1. The average molecular weight is 289 g/mol. The van der Waals surface area contributed by atoms with Crippen LogP contribution >= 0.6 is 0 Å². The summed E-state index contributed by atoms with van der Waals surface area (Å²) in [5.74, 6) is 0. The Morgan fingerprint density at radius 3 is 2.25 bits per heavy atom. The van der Waals surface area contributed by atoms with Crippen molar-refractivity contribution in [2.45, 2.75) is 12.7 Å². The normalized spacial score (nSPS) is 11.2. The zero-order valence-electron chi connectivity index (χ0n) is 11.4. The van der Waals surface area contributed by atoms with Gasteiger partial charge < -0.3 is 15.5 Å². The summed E-state index contributed by atoms with van der Waals surface area (Å²) in [6.07, 6.45) is -4.30. The highest BCUT2D eigenvalue weighted by molar-refractivity contribution is 5.73. The van der Waals surface area contributed by atoms with E-state index in [1.54, 1.807) is 14.1 Å². The number of rotatable bonds is 5. The fourth-order valence-corrected chi connectivity index (χ4v) is 1.46. The van der Waals surface area contributed by atoms with E-state index in [9.17, 15) is 18.0 Å². The standard InChI is InChI=1S/C13H18F3N3O/c1-19(2)12(20)18-8-7-17-9-10-3-5-11(6-4-10)13(14,15)16/h3-6,17H,7-9H2,1-2H3,(H,18,20). The number of carbonyl (C=O) groups is 1. The molecule has 2 N–H and O–H groups in total. The number of carbonyl (C=O) groups excluding carboxylic acids is 1. The molecule has 0 aliphatic rings. The summed E-state index contributed by atoms with van der Waals surface area (Å²) in [7, 11) is 3.29. The maximum Gasteiger partial charge on any atom is 0.416 e. The van der Waals surface area contributed by atoms with Crippen molar-refractivity contribution < 1.29 is 18.0 Å². The van der Waals surface area contributed by atoms with Gasteiger partial charge in [-0.25, -0.2) is 4.79 Å². The van der Waals surface area contributed by atoms with E-state index in [1.165, 1.54) is 17.0 Å². The summed E-state index contributed by atoms with van der Waals surface area (Å²) < 4.78 is 37.1. The highest BCUT2D eigenvalue weighted by Crippen LogP contribution is 2.28. The summed E-state index contributed by atoms with van der Waals surface area (Å²) in [6, 6.07) is 4.82. The van der Waals surface area contributed by atoms with Gasteiger partial charge in [-0.15, -0.1) is 0 Å². The second-order valence-corrected chi connectivity index (χ2v) is 4.50. The minimum Gasteiger partial charge on any atom is -0.337 e. The third kappa shape index (κ3) is 5.48. The van der Waals surface area contributed by atoms with Gasteiger partial charge in [0.25, 0.3) is 0 Å². The van der Waals surface area contributed by atoms with Crippen LogP contribution in [0.25, 0.3) is 0 Å². The van der Waals surface area contributed by atoms with Crippen molar-refractivity contribution in [1.82, 2.24) is 15.5 Å². The zero-order chi connectivity index (χ0) is 15.2. The number of alkyl halides is 3. The third-order valence-electron chi connectivity index (χ3n) is 2.59. The van der Waals surface area contributed by atoms with Crippen LogP contribution in [0.4, 0.5) is 18.0 Å². The van der Waals surface area contributed by atoms with Gasteiger partial charge in [0, 0.05) is 33.7 Å². The molecule has 0 saturated carbocycles. The molecule has 0 bridgehead atoms. The molecule has 0 aliphatic heterocycles. The van der Waals surface area contributed by atoms with E-state index in [2.05, 4.69) is 10.6 Å². The second-order valence-electron chi connectivity index (χ2n) is 4.50. The highest BCUT2D eigenvalue weighted by Gasteiger charge is 2.29. The first-order valence-electron chi connectivity index (χ1n) is 6.12. The molecule has 1 rings (SSSR count). The smallest absolute Gasteiger partial charge is 0.337 e. The zero-order valence-corrected chi connectivity index (χ0v) is 11.4. The van der Waals surface area contributed by atoms with Crippen molar-refractivity contribution in [3.63, 3.8) is 0 Å². The van der Waals surface area contributed by atoms with Crippen LogP contribution in [-0.2, 0) is 12.7 Å². The Hall–Kier alpha value is -1.76. The lowest BCUT2D eigenvalue weighted by molar-refractivity contribution is -0.137. The number of nitrogens with zero attached hydrogens (tertiary/aromatic N) is 1. The van der Waals surface area contributed by atoms with E-state index in [1.807, 2.05) is 0 Å². The van der Waals surface area contributed by atoms with E-state index in [4.69, 9.17) is 0 Å². The minimum atomic E-state index is -4.30. The Bertz CT molecular complexity index is 429. The number of amides is 2. The van der Waals surface area contributed by atoms with Gasteiger partial charge >= 0.3 is 12.2 Å². The molecule has 0 unspecified atom stereocenters. The van der Waals surface area contributed by atoms with Crippen LogP contribution in [0.2, 0.25) is 0 Å². The van der Waals surface area contributed by atoms with Gasteiger partial charge in [0.2, 0.25) is 0 Å². The number of hydrogen-bond donors (Lipinski definition) is 2. The van der Waals surface area contributed by atoms with Gasteiger partial charge in [-0.05, 0) is 17.7 Å². The first kappa shape index (κ1) is 16.3. The van der Waals surface area contributed by atoms with E-state index in [0.717, 1.165) is 17.7 Å². The predicted molar refractivity (Wildman–Crippen MR) is 70.2 cm³/mol. The first-order chi connectivity index (χ1) is 9.30. The number of hydrogen-bond acceptors (Lipinski definition) is 2. The molecular formula is C13H18F3N3O. The van der Waals surface area contributed by atoms with Gasteiger partial charge in [-0.3, -0.25) is 0 Å². The van der Waals surface area contributed by atoms with E-state index in [0.29, 0.717) is 19.6 Å². The minimum absolute atomic E-state index is 0.179. The predicted octanol–water partition coefficient (Wildman–Crippen LogP) is 2.07. The van der Waals surface area contributed by atoms with Crippen molar-refractivity contribution in [1.29, 1.82) is 0 Å². The van der Waals surface area contributed by atoms with Gasteiger partial charge in [0.15, 0.2) is 0 Å². The molecule has 0 aliphatic carbocycles. The Morgan fingerprint density at radius 1 is 1.15 bits per heavy atom. The summed E-state index contributed by atoms with van der Waals surface area (Å²) in [5.41, 5.74) is 0.108. The molecular weight excluding hydrogens is 271 g/mol. The number of benzene rings is 1. The summed E-state index contributed by atoms with van der Waals surface area (Å²) in [6.45, 7) is 1.45. The lowest BCUT2D eigenvalue weighted by Crippen LogP contribution is -2.38. The Labute approximate surface area is 116 Å². The van der Waals surface area contributed by atoms with Crippen LogP contribution in [0.5, 0.6) is 0 Å². The average Bonchev–Trinajstić information content (AvgIpc) is 2.37. The molecule has 1 aromatic rings. The van der Waals surface area contributed by atoms with Crippen LogP contribution in [0, 0.1) is 0 Å². The largest absolute Gasteiger partial charge is 0.416 e. The molecule has 0 radical (unpaired) electrons. The van der Waals surface area contributed by atoms with E-state index < -0.39 is 11.7 Å². The molecule has 1 aromatic carbocycles. The topological polar surface area (TPSA) is 44.4 Å². The number of urea groups is 1. The Kier molecular flexibility index (Phi) is 5.82. The number of halogens is 3.